The van der Waals surface area contributed by atoms with Gasteiger partial charge in [0.05, 0.1) is 12.8 Å². The SMILES string of the molecule is COC1=CC2=NC(=O)C(CCNC(=O)c3ccc(Br)o3)=CC2C=C1. The van der Waals surface area contributed by atoms with Crippen LogP contribution in [0.5, 0.6) is 0 Å². The molecule has 0 fully saturated rings. The largest absolute Gasteiger partial charge is 0.497 e. The summed E-state index contributed by atoms with van der Waals surface area (Å²) < 4.78 is 10.8. The molecule has 3 rings (SSSR count). The highest BCUT2D eigenvalue weighted by Gasteiger charge is 2.23. The normalized spacial score (nSPS) is 19.2. The van der Waals surface area contributed by atoms with Crippen molar-refractivity contribution in [1.82, 2.24) is 5.32 Å². The average Bonchev–Trinajstić information content (AvgIpc) is 3.01. The van der Waals surface area contributed by atoms with Crippen LogP contribution in [0.2, 0.25) is 0 Å². The number of nitrogens with one attached hydrogen (secondary N) is 1. The molecule has 1 unspecified atom stereocenters. The van der Waals surface area contributed by atoms with E-state index in [4.69, 9.17) is 9.15 Å². The fraction of sp³-hybridized carbons (Fsp3) is 0.235. The van der Waals surface area contributed by atoms with E-state index >= 15 is 0 Å². The maximum atomic E-state index is 12.1. The van der Waals surface area contributed by atoms with Gasteiger partial charge in [0.25, 0.3) is 11.8 Å². The van der Waals surface area contributed by atoms with Crippen molar-refractivity contribution in [3.05, 3.63) is 58.2 Å². The average molecular weight is 391 g/mol. The molecule has 1 atom stereocenters. The van der Waals surface area contributed by atoms with Gasteiger partial charge in [-0.2, -0.15) is 0 Å². The third-order valence-corrected chi connectivity index (χ3v) is 4.12. The molecule has 0 spiro atoms. The van der Waals surface area contributed by atoms with Crippen molar-refractivity contribution in [2.24, 2.45) is 10.9 Å². The molecule has 24 heavy (non-hydrogen) atoms. The van der Waals surface area contributed by atoms with Crippen LogP contribution in [-0.4, -0.2) is 31.2 Å². The lowest BCUT2D eigenvalue weighted by atomic mass is 9.91. The molecule has 1 aliphatic carbocycles. The summed E-state index contributed by atoms with van der Waals surface area (Å²) in [5.41, 5.74) is 1.26. The van der Waals surface area contributed by atoms with Crippen LogP contribution in [0, 0.1) is 5.92 Å². The molecular weight excluding hydrogens is 376 g/mol. The number of hydrogen-bond acceptors (Lipinski definition) is 4. The maximum absolute atomic E-state index is 12.1. The first-order chi connectivity index (χ1) is 11.6. The van der Waals surface area contributed by atoms with Crippen molar-refractivity contribution in [2.75, 3.05) is 13.7 Å². The van der Waals surface area contributed by atoms with Crippen LogP contribution >= 0.6 is 15.9 Å². The molecule has 0 radical (unpaired) electrons. The van der Waals surface area contributed by atoms with E-state index in [1.54, 1.807) is 25.3 Å². The summed E-state index contributed by atoms with van der Waals surface area (Å²) >= 11 is 3.15. The zero-order chi connectivity index (χ0) is 17.1. The molecule has 6 nitrogen and oxygen atoms in total. The molecule has 0 saturated heterocycles. The third kappa shape index (κ3) is 3.56. The van der Waals surface area contributed by atoms with Gasteiger partial charge in [0.1, 0.15) is 5.76 Å². The van der Waals surface area contributed by atoms with E-state index in [0.29, 0.717) is 34.7 Å². The van der Waals surface area contributed by atoms with Crippen molar-refractivity contribution in [3.63, 3.8) is 0 Å². The third-order valence-electron chi connectivity index (χ3n) is 3.70. The highest BCUT2D eigenvalue weighted by molar-refractivity contribution is 9.10. The number of ether oxygens (including phenoxy) is 1. The molecule has 2 aliphatic rings. The van der Waals surface area contributed by atoms with Gasteiger partial charge in [0, 0.05) is 24.1 Å². The molecule has 124 valence electrons. The number of carbonyl (C=O) groups is 2. The Morgan fingerprint density at radius 2 is 2.29 bits per heavy atom. The zero-order valence-corrected chi connectivity index (χ0v) is 14.5. The van der Waals surface area contributed by atoms with E-state index in [2.05, 4.69) is 26.2 Å². The summed E-state index contributed by atoms with van der Waals surface area (Å²) in [4.78, 5) is 28.1. The summed E-state index contributed by atoms with van der Waals surface area (Å²) in [5.74, 6) is 0.260. The van der Waals surface area contributed by atoms with Gasteiger partial charge in [0.2, 0.25) is 0 Å². The number of amides is 2. The first-order valence-electron chi connectivity index (χ1n) is 7.38. The van der Waals surface area contributed by atoms with E-state index < -0.39 is 0 Å². The quantitative estimate of drug-likeness (QED) is 0.837. The van der Waals surface area contributed by atoms with Gasteiger partial charge in [-0.3, -0.25) is 9.59 Å². The summed E-state index contributed by atoms with van der Waals surface area (Å²) in [6, 6.07) is 3.23. The standard InChI is InChI=1S/C17H15BrN2O4/c1-23-12-3-2-10-8-11(16(21)20-13(10)9-12)6-7-19-17(22)14-4-5-15(18)24-14/h2-5,8-10H,6-7H2,1H3,(H,19,22). The van der Waals surface area contributed by atoms with Crippen molar-refractivity contribution in [3.8, 4) is 0 Å². The number of aliphatic imine (C=N–C) groups is 1. The minimum absolute atomic E-state index is 0.0340. The Bertz CT molecular complexity index is 801. The molecule has 1 N–H and O–H groups in total. The number of halogens is 1. The lowest BCUT2D eigenvalue weighted by molar-refractivity contribution is -0.114. The fourth-order valence-electron chi connectivity index (χ4n) is 2.46. The van der Waals surface area contributed by atoms with Crippen LogP contribution < -0.4 is 5.32 Å². The molecule has 1 aliphatic heterocycles. The fourth-order valence-corrected chi connectivity index (χ4v) is 2.77. The number of nitrogens with zero attached hydrogens (tertiary/aromatic N) is 1. The molecule has 2 amide bonds. The number of fused-ring (bicyclic) bond motifs is 1. The topological polar surface area (TPSA) is 80.9 Å². The maximum Gasteiger partial charge on any atom is 0.287 e. The van der Waals surface area contributed by atoms with Crippen molar-refractivity contribution >= 4 is 33.5 Å². The van der Waals surface area contributed by atoms with Gasteiger partial charge >= 0.3 is 0 Å². The van der Waals surface area contributed by atoms with E-state index in [-0.39, 0.29) is 23.5 Å². The second-order valence-electron chi connectivity index (χ2n) is 5.28. The van der Waals surface area contributed by atoms with E-state index in [0.717, 1.165) is 0 Å². The number of carbonyl (C=O) groups excluding carboxylic acids is 2. The Morgan fingerprint density at radius 1 is 1.46 bits per heavy atom. The number of hydrogen-bond donors (Lipinski definition) is 1. The number of allylic oxidation sites excluding steroid dienone is 4. The van der Waals surface area contributed by atoms with E-state index in [9.17, 15) is 9.59 Å². The first kappa shape index (κ1) is 16.4. The highest BCUT2D eigenvalue weighted by Crippen LogP contribution is 2.23. The predicted octanol–water partition coefficient (Wildman–Crippen LogP) is 2.79. The van der Waals surface area contributed by atoms with Crippen LogP contribution in [-0.2, 0) is 9.53 Å². The summed E-state index contributed by atoms with van der Waals surface area (Å²) in [5, 5.41) is 2.72. The highest BCUT2D eigenvalue weighted by atomic mass is 79.9. The summed E-state index contributed by atoms with van der Waals surface area (Å²) in [6.45, 7) is 0.329. The Morgan fingerprint density at radius 3 is 3.00 bits per heavy atom. The smallest absolute Gasteiger partial charge is 0.287 e. The minimum Gasteiger partial charge on any atom is -0.497 e. The number of rotatable bonds is 5. The van der Waals surface area contributed by atoms with Gasteiger partial charge in [-0.05, 0) is 40.6 Å². The van der Waals surface area contributed by atoms with E-state index in [1.807, 2.05) is 18.2 Å². The molecule has 1 aromatic rings. The molecule has 0 bridgehead atoms. The Labute approximate surface area is 147 Å². The predicted molar refractivity (Wildman–Crippen MR) is 91.6 cm³/mol. The Hall–Kier alpha value is -2.41. The van der Waals surface area contributed by atoms with Gasteiger partial charge in [-0.15, -0.1) is 0 Å². The summed E-state index contributed by atoms with van der Waals surface area (Å²) in [7, 11) is 1.57. The second kappa shape index (κ2) is 7.00. The van der Waals surface area contributed by atoms with Crippen LogP contribution in [0.4, 0.5) is 0 Å². The van der Waals surface area contributed by atoms with Crippen molar-refractivity contribution in [2.45, 2.75) is 6.42 Å². The lowest BCUT2D eigenvalue weighted by Crippen LogP contribution is -2.26. The van der Waals surface area contributed by atoms with Crippen molar-refractivity contribution in [1.29, 1.82) is 0 Å². The van der Waals surface area contributed by atoms with Crippen LogP contribution in [0.25, 0.3) is 0 Å². The van der Waals surface area contributed by atoms with Crippen molar-refractivity contribution < 1.29 is 18.7 Å². The van der Waals surface area contributed by atoms with Gasteiger partial charge < -0.3 is 14.5 Å². The zero-order valence-electron chi connectivity index (χ0n) is 12.9. The molecular formula is C17H15BrN2O4. The number of dihydropyridines is 1. The number of furan rings is 1. The Balaban J connectivity index is 1.58. The second-order valence-corrected chi connectivity index (χ2v) is 6.06. The first-order valence-corrected chi connectivity index (χ1v) is 8.17. The molecule has 1 aromatic heterocycles. The molecule has 0 saturated carbocycles. The minimum atomic E-state index is -0.320. The molecule has 0 aromatic carbocycles. The van der Waals surface area contributed by atoms with E-state index in [1.165, 1.54) is 0 Å². The Kier molecular flexibility index (Phi) is 4.80. The number of methoxy groups -OCH3 is 1. The summed E-state index contributed by atoms with van der Waals surface area (Å²) in [6.07, 6.45) is 7.83. The lowest BCUT2D eigenvalue weighted by Gasteiger charge is -2.20. The van der Waals surface area contributed by atoms with Crippen LogP contribution in [0.15, 0.2) is 61.8 Å². The van der Waals surface area contributed by atoms with Gasteiger partial charge in [-0.25, -0.2) is 4.99 Å². The van der Waals surface area contributed by atoms with Crippen LogP contribution in [0.3, 0.4) is 0 Å². The monoisotopic (exact) mass is 390 g/mol. The van der Waals surface area contributed by atoms with Crippen LogP contribution in [0.1, 0.15) is 17.0 Å². The molecule has 2 heterocycles. The molecule has 7 heteroatoms. The van der Waals surface area contributed by atoms with Gasteiger partial charge in [0.15, 0.2) is 10.4 Å². The van der Waals surface area contributed by atoms with Gasteiger partial charge in [-0.1, -0.05) is 12.2 Å².